The van der Waals surface area contributed by atoms with Gasteiger partial charge in [0.25, 0.3) is 5.91 Å². The van der Waals surface area contributed by atoms with E-state index in [4.69, 9.17) is 0 Å². The van der Waals surface area contributed by atoms with Gasteiger partial charge in [-0.2, -0.15) is 0 Å². The van der Waals surface area contributed by atoms with Crippen LogP contribution >= 0.6 is 15.9 Å². The van der Waals surface area contributed by atoms with Gasteiger partial charge in [-0.15, -0.1) is 0 Å². The summed E-state index contributed by atoms with van der Waals surface area (Å²) in [6.45, 7) is 4.51. The zero-order valence-electron chi connectivity index (χ0n) is 9.41. The molecule has 1 aromatic rings. The van der Waals surface area contributed by atoms with Gasteiger partial charge < -0.3 is 4.90 Å². The Morgan fingerprint density at radius 2 is 2.19 bits per heavy atom. The Balaban J connectivity index is 2.90. The standard InChI is InChI=1S/C12H15BrFNO/c1-9(2)15(7-6-13)12(16)10-4-3-5-11(14)8-10/h3-5,8-9H,6-7H2,1-2H3. The molecule has 1 aromatic carbocycles. The Morgan fingerprint density at radius 1 is 1.50 bits per heavy atom. The van der Waals surface area contributed by atoms with E-state index in [2.05, 4.69) is 15.9 Å². The number of rotatable bonds is 4. The molecule has 0 aliphatic carbocycles. The van der Waals surface area contributed by atoms with Crippen molar-refractivity contribution < 1.29 is 9.18 Å². The summed E-state index contributed by atoms with van der Waals surface area (Å²) < 4.78 is 13.0. The lowest BCUT2D eigenvalue weighted by Gasteiger charge is -2.26. The number of carbonyl (C=O) groups excluding carboxylic acids is 1. The van der Waals surface area contributed by atoms with E-state index in [9.17, 15) is 9.18 Å². The predicted molar refractivity (Wildman–Crippen MR) is 66.4 cm³/mol. The fourth-order valence-electron chi connectivity index (χ4n) is 1.47. The number of halogens is 2. The summed E-state index contributed by atoms with van der Waals surface area (Å²) in [5, 5.41) is 0.715. The number of hydrogen-bond acceptors (Lipinski definition) is 1. The molecular formula is C12H15BrFNO. The zero-order valence-corrected chi connectivity index (χ0v) is 11.0. The minimum atomic E-state index is -0.381. The number of amides is 1. The number of hydrogen-bond donors (Lipinski definition) is 0. The van der Waals surface area contributed by atoms with Crippen molar-refractivity contribution in [2.75, 3.05) is 11.9 Å². The van der Waals surface area contributed by atoms with Gasteiger partial charge in [0.1, 0.15) is 5.82 Å². The summed E-state index contributed by atoms with van der Waals surface area (Å²) >= 11 is 3.31. The van der Waals surface area contributed by atoms with Crippen LogP contribution in [0.3, 0.4) is 0 Å². The van der Waals surface area contributed by atoms with Crippen LogP contribution in [0.5, 0.6) is 0 Å². The number of nitrogens with zero attached hydrogens (tertiary/aromatic N) is 1. The van der Waals surface area contributed by atoms with Gasteiger partial charge in [0.2, 0.25) is 0 Å². The maximum atomic E-state index is 13.0. The van der Waals surface area contributed by atoms with Crippen LogP contribution in [-0.2, 0) is 0 Å². The molecule has 4 heteroatoms. The molecule has 0 aliphatic heterocycles. The third kappa shape index (κ3) is 3.30. The monoisotopic (exact) mass is 287 g/mol. The maximum absolute atomic E-state index is 13.0. The van der Waals surface area contributed by atoms with E-state index in [-0.39, 0.29) is 17.8 Å². The van der Waals surface area contributed by atoms with Gasteiger partial charge >= 0.3 is 0 Å². The van der Waals surface area contributed by atoms with E-state index in [0.717, 1.165) is 0 Å². The molecule has 1 rings (SSSR count). The predicted octanol–water partition coefficient (Wildman–Crippen LogP) is 3.07. The average Bonchev–Trinajstić information content (AvgIpc) is 2.24. The maximum Gasteiger partial charge on any atom is 0.254 e. The van der Waals surface area contributed by atoms with Crippen molar-refractivity contribution in [2.24, 2.45) is 0 Å². The first kappa shape index (κ1) is 13.2. The first-order chi connectivity index (χ1) is 7.56. The van der Waals surface area contributed by atoms with E-state index in [1.54, 1.807) is 17.0 Å². The fraction of sp³-hybridized carbons (Fsp3) is 0.417. The van der Waals surface area contributed by atoms with Crippen molar-refractivity contribution in [2.45, 2.75) is 19.9 Å². The van der Waals surface area contributed by atoms with Gasteiger partial charge in [-0.25, -0.2) is 4.39 Å². The van der Waals surface area contributed by atoms with E-state index in [1.165, 1.54) is 12.1 Å². The minimum absolute atomic E-state index is 0.105. The van der Waals surface area contributed by atoms with Crippen LogP contribution < -0.4 is 0 Å². The molecule has 0 spiro atoms. The van der Waals surface area contributed by atoms with Crippen molar-refractivity contribution in [1.82, 2.24) is 4.90 Å². The molecule has 0 heterocycles. The van der Waals surface area contributed by atoms with Crippen LogP contribution in [0.1, 0.15) is 24.2 Å². The Bertz CT molecular complexity index is 368. The molecule has 1 amide bonds. The van der Waals surface area contributed by atoms with E-state index < -0.39 is 0 Å². The fourth-order valence-corrected chi connectivity index (χ4v) is 1.85. The zero-order chi connectivity index (χ0) is 12.1. The van der Waals surface area contributed by atoms with E-state index >= 15 is 0 Å². The van der Waals surface area contributed by atoms with Gasteiger partial charge in [-0.3, -0.25) is 4.79 Å². The van der Waals surface area contributed by atoms with Crippen LogP contribution in [0.2, 0.25) is 0 Å². The summed E-state index contributed by atoms with van der Waals surface area (Å²) in [6, 6.07) is 5.89. The highest BCUT2D eigenvalue weighted by molar-refractivity contribution is 9.09. The topological polar surface area (TPSA) is 20.3 Å². The molecule has 16 heavy (non-hydrogen) atoms. The van der Waals surface area contributed by atoms with Crippen LogP contribution in [0.4, 0.5) is 4.39 Å². The average molecular weight is 288 g/mol. The second-order valence-corrected chi connectivity index (χ2v) is 4.58. The van der Waals surface area contributed by atoms with E-state index in [1.807, 2.05) is 13.8 Å². The van der Waals surface area contributed by atoms with Crippen LogP contribution in [0, 0.1) is 5.82 Å². The molecule has 0 unspecified atom stereocenters. The summed E-state index contributed by atoms with van der Waals surface area (Å²) in [5.74, 6) is -0.512. The molecule has 0 radical (unpaired) electrons. The quantitative estimate of drug-likeness (QED) is 0.780. The van der Waals surface area contributed by atoms with Crippen molar-refractivity contribution in [3.63, 3.8) is 0 Å². The highest BCUT2D eigenvalue weighted by Crippen LogP contribution is 2.10. The lowest BCUT2D eigenvalue weighted by molar-refractivity contribution is 0.0719. The minimum Gasteiger partial charge on any atom is -0.335 e. The largest absolute Gasteiger partial charge is 0.335 e. The molecule has 0 aromatic heterocycles. The first-order valence-corrected chi connectivity index (χ1v) is 6.31. The normalized spacial score (nSPS) is 10.6. The smallest absolute Gasteiger partial charge is 0.254 e. The summed E-state index contributed by atoms with van der Waals surface area (Å²) in [4.78, 5) is 13.8. The summed E-state index contributed by atoms with van der Waals surface area (Å²) in [5.41, 5.74) is 0.398. The number of carbonyl (C=O) groups is 1. The Hall–Kier alpha value is -0.900. The Labute approximate surface area is 104 Å². The van der Waals surface area contributed by atoms with Crippen molar-refractivity contribution in [1.29, 1.82) is 0 Å². The van der Waals surface area contributed by atoms with Crippen molar-refractivity contribution in [3.8, 4) is 0 Å². The molecule has 0 atom stereocenters. The highest BCUT2D eigenvalue weighted by Gasteiger charge is 2.18. The van der Waals surface area contributed by atoms with Gasteiger partial charge in [-0.05, 0) is 32.0 Å². The third-order valence-corrected chi connectivity index (χ3v) is 2.64. The number of benzene rings is 1. The molecule has 88 valence electrons. The molecule has 0 N–H and O–H groups in total. The van der Waals surface area contributed by atoms with Crippen LogP contribution in [0.25, 0.3) is 0 Å². The van der Waals surface area contributed by atoms with Gasteiger partial charge in [0, 0.05) is 23.5 Å². The Kier molecular flexibility index (Phi) is 4.93. The van der Waals surface area contributed by atoms with Gasteiger partial charge in [-0.1, -0.05) is 22.0 Å². The van der Waals surface area contributed by atoms with Crippen LogP contribution in [-0.4, -0.2) is 28.7 Å². The van der Waals surface area contributed by atoms with Gasteiger partial charge in [0.05, 0.1) is 0 Å². The molecule has 0 saturated carbocycles. The van der Waals surface area contributed by atoms with Crippen LogP contribution in [0.15, 0.2) is 24.3 Å². The third-order valence-electron chi connectivity index (χ3n) is 2.28. The molecule has 0 saturated heterocycles. The summed E-state index contributed by atoms with van der Waals surface area (Å²) in [7, 11) is 0. The van der Waals surface area contributed by atoms with Crippen molar-refractivity contribution >= 4 is 21.8 Å². The second kappa shape index (κ2) is 5.99. The molecule has 0 aliphatic rings. The first-order valence-electron chi connectivity index (χ1n) is 5.18. The lowest BCUT2D eigenvalue weighted by Crippen LogP contribution is -2.38. The highest BCUT2D eigenvalue weighted by atomic mass is 79.9. The number of alkyl halides is 1. The SMILES string of the molecule is CC(C)N(CCBr)C(=O)c1cccc(F)c1. The summed E-state index contributed by atoms with van der Waals surface area (Å²) in [6.07, 6.45) is 0. The lowest BCUT2D eigenvalue weighted by atomic mass is 10.1. The molecular weight excluding hydrogens is 273 g/mol. The molecule has 0 fully saturated rings. The molecule has 0 bridgehead atoms. The van der Waals surface area contributed by atoms with Gasteiger partial charge in [0.15, 0.2) is 0 Å². The second-order valence-electron chi connectivity index (χ2n) is 3.79. The molecule has 2 nitrogen and oxygen atoms in total. The van der Waals surface area contributed by atoms with E-state index in [0.29, 0.717) is 17.4 Å². The Morgan fingerprint density at radius 3 is 2.69 bits per heavy atom. The van der Waals surface area contributed by atoms with Crippen molar-refractivity contribution in [3.05, 3.63) is 35.6 Å².